The van der Waals surface area contributed by atoms with Gasteiger partial charge in [0.15, 0.2) is 0 Å². The van der Waals surface area contributed by atoms with Crippen LogP contribution in [0.15, 0.2) is 11.1 Å². The van der Waals surface area contributed by atoms with Crippen molar-refractivity contribution in [2.75, 3.05) is 20.2 Å². The quantitative estimate of drug-likeness (QED) is 0.577. The van der Waals surface area contributed by atoms with Gasteiger partial charge in [-0.15, -0.1) is 0 Å². The van der Waals surface area contributed by atoms with E-state index in [9.17, 15) is 14.4 Å². The van der Waals surface area contributed by atoms with Crippen LogP contribution >= 0.6 is 0 Å². The minimum absolute atomic E-state index is 0.125. The zero-order chi connectivity index (χ0) is 14.6. The number of hydrogen-bond acceptors (Lipinski definition) is 4. The van der Waals surface area contributed by atoms with Crippen LogP contribution in [-0.4, -0.2) is 42.8 Å². The number of rotatable bonds is 4. The smallest absolute Gasteiger partial charge is 0.409 e. The fraction of sp³-hybridized carbons (Fsp3) is 0.643. The van der Waals surface area contributed by atoms with Crippen molar-refractivity contribution in [3.05, 3.63) is 11.1 Å². The monoisotopic (exact) mass is 267 g/mol. The molecular weight excluding hydrogens is 246 g/mol. The Kier molecular flexibility index (Phi) is 5.27. The maximum absolute atomic E-state index is 11.7. The van der Waals surface area contributed by atoms with Gasteiger partial charge in [0.1, 0.15) is 11.6 Å². The standard InChI is InChI=1S/C14H21NO4/c1-5-11-8-15(14(18)19-4)7-6-12(11)13(9(2)16)10(3)17/h13H,5-8H2,1-4H3. The third-order valence-electron chi connectivity index (χ3n) is 3.51. The Morgan fingerprint density at radius 3 is 2.26 bits per heavy atom. The summed E-state index contributed by atoms with van der Waals surface area (Å²) in [4.78, 5) is 36.4. The number of ketones is 2. The average molecular weight is 267 g/mol. The first-order valence-electron chi connectivity index (χ1n) is 6.46. The molecule has 1 heterocycles. The van der Waals surface area contributed by atoms with Crippen molar-refractivity contribution in [1.82, 2.24) is 4.90 Å². The first kappa shape index (κ1) is 15.4. The van der Waals surface area contributed by atoms with Crippen molar-refractivity contribution in [1.29, 1.82) is 0 Å². The molecule has 0 saturated carbocycles. The lowest BCUT2D eigenvalue weighted by Gasteiger charge is -2.31. The van der Waals surface area contributed by atoms with E-state index < -0.39 is 5.92 Å². The first-order chi connectivity index (χ1) is 8.92. The lowest BCUT2D eigenvalue weighted by Crippen LogP contribution is -2.39. The van der Waals surface area contributed by atoms with Gasteiger partial charge in [-0.1, -0.05) is 12.5 Å². The molecule has 0 radical (unpaired) electrons. The zero-order valence-corrected chi connectivity index (χ0v) is 12.0. The van der Waals surface area contributed by atoms with Gasteiger partial charge in [-0.05, 0) is 32.3 Å². The Labute approximate surface area is 113 Å². The van der Waals surface area contributed by atoms with Crippen LogP contribution in [-0.2, 0) is 14.3 Å². The van der Waals surface area contributed by atoms with E-state index in [1.54, 1.807) is 4.90 Å². The largest absolute Gasteiger partial charge is 0.453 e. The molecule has 1 rings (SSSR count). The van der Waals surface area contributed by atoms with E-state index in [1.165, 1.54) is 21.0 Å². The van der Waals surface area contributed by atoms with Gasteiger partial charge in [0.25, 0.3) is 0 Å². The highest BCUT2D eigenvalue weighted by Gasteiger charge is 2.31. The van der Waals surface area contributed by atoms with Gasteiger partial charge in [-0.2, -0.15) is 0 Å². The molecule has 1 amide bonds. The SMILES string of the molecule is CCC1=C(C(C(C)=O)C(C)=O)CCN(C(=O)OC)C1. The Hall–Kier alpha value is -1.65. The Balaban J connectivity index is 3.05. The summed E-state index contributed by atoms with van der Waals surface area (Å²) in [5.41, 5.74) is 1.88. The van der Waals surface area contributed by atoms with Crippen LogP contribution in [0.3, 0.4) is 0 Å². The molecule has 106 valence electrons. The van der Waals surface area contributed by atoms with Crippen LogP contribution < -0.4 is 0 Å². The summed E-state index contributed by atoms with van der Waals surface area (Å²) in [5, 5.41) is 0. The summed E-state index contributed by atoms with van der Waals surface area (Å²) in [7, 11) is 1.35. The Morgan fingerprint density at radius 1 is 1.26 bits per heavy atom. The molecule has 0 saturated heterocycles. The predicted molar refractivity (Wildman–Crippen MR) is 70.8 cm³/mol. The first-order valence-corrected chi connectivity index (χ1v) is 6.46. The topological polar surface area (TPSA) is 63.7 Å². The van der Waals surface area contributed by atoms with E-state index in [4.69, 9.17) is 4.74 Å². The molecular formula is C14H21NO4. The number of hydrogen-bond donors (Lipinski definition) is 0. The molecule has 19 heavy (non-hydrogen) atoms. The average Bonchev–Trinajstić information content (AvgIpc) is 2.37. The maximum atomic E-state index is 11.7. The molecule has 0 N–H and O–H groups in total. The second-order valence-electron chi connectivity index (χ2n) is 4.78. The molecule has 0 aliphatic carbocycles. The van der Waals surface area contributed by atoms with Crippen LogP contribution in [0, 0.1) is 5.92 Å². The molecule has 1 aliphatic rings. The van der Waals surface area contributed by atoms with E-state index in [-0.39, 0.29) is 17.7 Å². The number of amides is 1. The second kappa shape index (κ2) is 6.50. The number of methoxy groups -OCH3 is 1. The minimum Gasteiger partial charge on any atom is -0.453 e. The number of ether oxygens (including phenoxy) is 1. The minimum atomic E-state index is -0.644. The summed E-state index contributed by atoms with van der Waals surface area (Å²) >= 11 is 0. The molecule has 0 aromatic rings. The van der Waals surface area contributed by atoms with Gasteiger partial charge in [-0.3, -0.25) is 9.59 Å². The van der Waals surface area contributed by atoms with Crippen LogP contribution in [0.5, 0.6) is 0 Å². The predicted octanol–water partition coefficient (Wildman–Crippen LogP) is 1.96. The lowest BCUT2D eigenvalue weighted by molar-refractivity contribution is -0.128. The van der Waals surface area contributed by atoms with Crippen molar-refractivity contribution < 1.29 is 19.1 Å². The molecule has 0 unspecified atom stereocenters. The molecule has 0 spiro atoms. The highest BCUT2D eigenvalue weighted by molar-refractivity contribution is 6.03. The summed E-state index contributed by atoms with van der Waals surface area (Å²) in [6.45, 7) is 5.78. The number of carbonyl (C=O) groups excluding carboxylic acids is 3. The summed E-state index contributed by atoms with van der Waals surface area (Å²) < 4.78 is 4.70. The van der Waals surface area contributed by atoms with Crippen LogP contribution in [0.25, 0.3) is 0 Å². The normalized spacial score (nSPS) is 15.7. The molecule has 0 bridgehead atoms. The van der Waals surface area contributed by atoms with Crippen molar-refractivity contribution >= 4 is 17.7 Å². The van der Waals surface area contributed by atoms with Crippen LogP contribution in [0.2, 0.25) is 0 Å². The fourth-order valence-corrected chi connectivity index (χ4v) is 2.59. The molecule has 1 aliphatic heterocycles. The van der Waals surface area contributed by atoms with Crippen molar-refractivity contribution in [3.63, 3.8) is 0 Å². The Bertz CT molecular complexity index is 411. The molecule has 5 nitrogen and oxygen atoms in total. The van der Waals surface area contributed by atoms with Gasteiger partial charge in [-0.25, -0.2) is 4.79 Å². The van der Waals surface area contributed by atoms with Gasteiger partial charge in [0, 0.05) is 13.1 Å². The van der Waals surface area contributed by atoms with Crippen molar-refractivity contribution in [2.24, 2.45) is 5.92 Å². The Morgan fingerprint density at radius 2 is 1.84 bits per heavy atom. The van der Waals surface area contributed by atoms with Gasteiger partial charge < -0.3 is 9.64 Å². The van der Waals surface area contributed by atoms with Crippen LogP contribution in [0.4, 0.5) is 4.79 Å². The summed E-state index contributed by atoms with van der Waals surface area (Å²) in [6, 6.07) is 0. The van der Waals surface area contributed by atoms with Gasteiger partial charge in [0.2, 0.25) is 0 Å². The number of Topliss-reactive ketones (excluding diaryl/α,β-unsaturated/α-hetero) is 2. The second-order valence-corrected chi connectivity index (χ2v) is 4.78. The number of carbonyl (C=O) groups is 3. The number of nitrogens with zero attached hydrogens (tertiary/aromatic N) is 1. The van der Waals surface area contributed by atoms with Crippen LogP contribution in [0.1, 0.15) is 33.6 Å². The molecule has 0 aromatic heterocycles. The fourth-order valence-electron chi connectivity index (χ4n) is 2.59. The van der Waals surface area contributed by atoms with Gasteiger partial charge >= 0.3 is 6.09 Å². The summed E-state index contributed by atoms with van der Waals surface area (Å²) in [5.74, 6) is -0.894. The third kappa shape index (κ3) is 3.43. The van der Waals surface area contributed by atoms with Gasteiger partial charge in [0.05, 0.1) is 13.0 Å². The van der Waals surface area contributed by atoms with E-state index >= 15 is 0 Å². The highest BCUT2D eigenvalue weighted by Crippen LogP contribution is 2.28. The highest BCUT2D eigenvalue weighted by atomic mass is 16.5. The molecule has 0 fully saturated rings. The molecule has 5 heteroatoms. The van der Waals surface area contributed by atoms with E-state index in [1.807, 2.05) is 6.92 Å². The third-order valence-corrected chi connectivity index (χ3v) is 3.51. The van der Waals surface area contributed by atoms with E-state index in [2.05, 4.69) is 0 Å². The van der Waals surface area contributed by atoms with E-state index in [0.29, 0.717) is 19.5 Å². The van der Waals surface area contributed by atoms with Crippen molar-refractivity contribution in [2.45, 2.75) is 33.6 Å². The summed E-state index contributed by atoms with van der Waals surface area (Å²) in [6.07, 6.45) is 0.911. The maximum Gasteiger partial charge on any atom is 0.409 e. The molecule has 0 aromatic carbocycles. The van der Waals surface area contributed by atoms with Crippen molar-refractivity contribution in [3.8, 4) is 0 Å². The van der Waals surface area contributed by atoms with E-state index in [0.717, 1.165) is 17.6 Å². The lowest BCUT2D eigenvalue weighted by atomic mass is 9.83. The molecule has 0 atom stereocenters. The zero-order valence-electron chi connectivity index (χ0n) is 12.0.